The Bertz CT molecular complexity index is 433. The van der Waals surface area contributed by atoms with E-state index in [-0.39, 0.29) is 18.5 Å². The van der Waals surface area contributed by atoms with Gasteiger partial charge in [0.2, 0.25) is 5.91 Å². The molecule has 4 nitrogen and oxygen atoms in total. The summed E-state index contributed by atoms with van der Waals surface area (Å²) in [5, 5.41) is 16.5. The quantitative estimate of drug-likeness (QED) is 0.787. The molecule has 2 atom stereocenters. The predicted molar refractivity (Wildman–Crippen MR) is 75.1 cm³/mol. The maximum atomic E-state index is 11.9. The lowest BCUT2D eigenvalue weighted by atomic mass is 10.0. The van der Waals surface area contributed by atoms with Crippen LogP contribution < -0.4 is 10.6 Å². The van der Waals surface area contributed by atoms with E-state index in [1.165, 1.54) is 0 Å². The fraction of sp³-hybridized carbons (Fsp3) is 0.500. The summed E-state index contributed by atoms with van der Waals surface area (Å²) < 4.78 is 0. The maximum Gasteiger partial charge on any atom is 0.237 e. The molecule has 5 heteroatoms. The zero-order valence-electron chi connectivity index (χ0n) is 10.7. The Kier molecular flexibility index (Phi) is 5.19. The van der Waals surface area contributed by atoms with Crippen LogP contribution >= 0.6 is 11.6 Å². The molecule has 0 aromatic heterocycles. The molecule has 1 aromatic rings. The molecule has 1 aromatic carbocycles. The van der Waals surface area contributed by atoms with Crippen LogP contribution in [0, 0.1) is 0 Å². The Labute approximate surface area is 118 Å². The van der Waals surface area contributed by atoms with Gasteiger partial charge >= 0.3 is 0 Å². The molecule has 0 radical (unpaired) electrons. The molecule has 0 aliphatic carbocycles. The zero-order valence-corrected chi connectivity index (χ0v) is 11.5. The molecular weight excluding hydrogens is 264 g/mol. The molecule has 1 heterocycles. The van der Waals surface area contributed by atoms with Gasteiger partial charge in [-0.15, -0.1) is 0 Å². The first-order valence-electron chi connectivity index (χ1n) is 6.62. The molecule has 0 bridgehead atoms. The summed E-state index contributed by atoms with van der Waals surface area (Å²) in [6.07, 6.45) is 2.26. The average molecular weight is 283 g/mol. The Balaban J connectivity index is 1.84. The van der Waals surface area contributed by atoms with Gasteiger partial charge in [0.1, 0.15) is 0 Å². The summed E-state index contributed by atoms with van der Waals surface area (Å²) in [6.45, 7) is 1.06. The van der Waals surface area contributed by atoms with Crippen molar-refractivity contribution in [3.05, 3.63) is 34.9 Å². The predicted octanol–water partition coefficient (Wildman–Crippen LogP) is 1.63. The third kappa shape index (κ3) is 3.93. The van der Waals surface area contributed by atoms with Gasteiger partial charge < -0.3 is 15.7 Å². The van der Waals surface area contributed by atoms with Gasteiger partial charge in [-0.25, -0.2) is 0 Å². The first-order chi connectivity index (χ1) is 9.18. The largest absolute Gasteiger partial charge is 0.387 e. The summed E-state index contributed by atoms with van der Waals surface area (Å²) in [6, 6.07) is 6.98. The summed E-state index contributed by atoms with van der Waals surface area (Å²) in [4.78, 5) is 11.9. The van der Waals surface area contributed by atoms with Crippen molar-refractivity contribution in [2.24, 2.45) is 0 Å². The van der Waals surface area contributed by atoms with Crippen molar-refractivity contribution >= 4 is 17.5 Å². The Hall–Kier alpha value is -1.10. The standard InChI is InChI=1S/C14H19ClN2O2/c15-11-6-2-1-5-10(11)13(18)9-17-14(19)12-7-3-4-8-16-12/h1-2,5-6,12-13,16,18H,3-4,7-9H2,(H,17,19)/t12-,13-/m1/s1. The van der Waals surface area contributed by atoms with Crippen LogP contribution in [0.1, 0.15) is 30.9 Å². The van der Waals surface area contributed by atoms with Gasteiger partial charge in [-0.1, -0.05) is 36.2 Å². The minimum atomic E-state index is -0.777. The van der Waals surface area contributed by atoms with Crippen molar-refractivity contribution in [2.45, 2.75) is 31.4 Å². The molecule has 1 saturated heterocycles. The monoisotopic (exact) mass is 282 g/mol. The molecule has 1 fully saturated rings. The lowest BCUT2D eigenvalue weighted by Gasteiger charge is -2.23. The number of carbonyl (C=O) groups excluding carboxylic acids is 1. The highest BCUT2D eigenvalue weighted by Crippen LogP contribution is 2.21. The van der Waals surface area contributed by atoms with E-state index in [0.717, 1.165) is 25.8 Å². The Morgan fingerprint density at radius 1 is 1.47 bits per heavy atom. The lowest BCUT2D eigenvalue weighted by Crippen LogP contribution is -2.47. The summed E-state index contributed by atoms with van der Waals surface area (Å²) in [5.74, 6) is -0.0502. The number of halogens is 1. The third-order valence-electron chi connectivity index (χ3n) is 3.36. The lowest BCUT2D eigenvalue weighted by molar-refractivity contribution is -0.124. The molecular formula is C14H19ClN2O2. The van der Waals surface area contributed by atoms with E-state index in [0.29, 0.717) is 10.6 Å². The van der Waals surface area contributed by atoms with Crippen molar-refractivity contribution in [2.75, 3.05) is 13.1 Å². The molecule has 1 amide bonds. The van der Waals surface area contributed by atoms with Gasteiger partial charge in [0, 0.05) is 17.1 Å². The summed E-state index contributed by atoms with van der Waals surface area (Å²) in [5.41, 5.74) is 0.640. The number of nitrogens with one attached hydrogen (secondary N) is 2. The van der Waals surface area contributed by atoms with Crippen LogP contribution in [0.25, 0.3) is 0 Å². The molecule has 0 unspecified atom stereocenters. The van der Waals surface area contributed by atoms with Crippen LogP contribution in [0.3, 0.4) is 0 Å². The van der Waals surface area contributed by atoms with Crippen molar-refractivity contribution in [3.63, 3.8) is 0 Å². The van der Waals surface area contributed by atoms with E-state index >= 15 is 0 Å². The van der Waals surface area contributed by atoms with Gasteiger partial charge in [0.05, 0.1) is 12.1 Å². The molecule has 1 aliphatic rings. The third-order valence-corrected chi connectivity index (χ3v) is 3.70. The van der Waals surface area contributed by atoms with Crippen molar-refractivity contribution in [1.82, 2.24) is 10.6 Å². The highest BCUT2D eigenvalue weighted by Gasteiger charge is 2.21. The summed E-state index contributed by atoms with van der Waals surface area (Å²) in [7, 11) is 0. The molecule has 1 aliphatic heterocycles. The molecule has 104 valence electrons. The number of piperidine rings is 1. The van der Waals surface area contributed by atoms with Gasteiger partial charge in [0.25, 0.3) is 0 Å². The van der Waals surface area contributed by atoms with E-state index in [9.17, 15) is 9.90 Å². The normalized spacial score (nSPS) is 20.8. The van der Waals surface area contributed by atoms with E-state index < -0.39 is 6.10 Å². The zero-order chi connectivity index (χ0) is 13.7. The number of aliphatic hydroxyl groups is 1. The number of benzene rings is 1. The van der Waals surface area contributed by atoms with E-state index in [2.05, 4.69) is 10.6 Å². The van der Waals surface area contributed by atoms with E-state index in [4.69, 9.17) is 11.6 Å². The highest BCUT2D eigenvalue weighted by molar-refractivity contribution is 6.31. The number of amides is 1. The Morgan fingerprint density at radius 2 is 2.26 bits per heavy atom. The topological polar surface area (TPSA) is 61.4 Å². The molecule has 2 rings (SSSR count). The fourth-order valence-corrected chi connectivity index (χ4v) is 2.51. The van der Waals surface area contributed by atoms with Crippen LogP contribution in [0.5, 0.6) is 0 Å². The molecule has 0 spiro atoms. The number of hydrogen-bond donors (Lipinski definition) is 3. The number of rotatable bonds is 4. The minimum absolute atomic E-state index is 0.0502. The van der Waals surface area contributed by atoms with Crippen molar-refractivity contribution in [3.8, 4) is 0 Å². The first-order valence-corrected chi connectivity index (χ1v) is 7.00. The second-order valence-electron chi connectivity index (χ2n) is 4.78. The van der Waals surface area contributed by atoms with Gasteiger partial charge in [-0.05, 0) is 25.5 Å². The highest BCUT2D eigenvalue weighted by atomic mass is 35.5. The van der Waals surface area contributed by atoms with Crippen LogP contribution in [-0.4, -0.2) is 30.1 Å². The van der Waals surface area contributed by atoms with Crippen molar-refractivity contribution in [1.29, 1.82) is 0 Å². The van der Waals surface area contributed by atoms with Crippen LogP contribution in [0.2, 0.25) is 5.02 Å². The van der Waals surface area contributed by atoms with Gasteiger partial charge in [-0.2, -0.15) is 0 Å². The van der Waals surface area contributed by atoms with Crippen LogP contribution in [-0.2, 0) is 4.79 Å². The van der Waals surface area contributed by atoms with Gasteiger partial charge in [-0.3, -0.25) is 4.79 Å². The summed E-state index contributed by atoms with van der Waals surface area (Å²) >= 11 is 6.00. The second kappa shape index (κ2) is 6.89. The second-order valence-corrected chi connectivity index (χ2v) is 5.19. The van der Waals surface area contributed by atoms with Crippen LogP contribution in [0.15, 0.2) is 24.3 Å². The maximum absolute atomic E-state index is 11.9. The Morgan fingerprint density at radius 3 is 2.95 bits per heavy atom. The number of aliphatic hydroxyl groups excluding tert-OH is 1. The van der Waals surface area contributed by atoms with Crippen molar-refractivity contribution < 1.29 is 9.90 Å². The fourth-order valence-electron chi connectivity index (χ4n) is 2.25. The number of hydrogen-bond acceptors (Lipinski definition) is 3. The number of carbonyl (C=O) groups is 1. The van der Waals surface area contributed by atoms with E-state index in [1.54, 1.807) is 12.1 Å². The molecule has 3 N–H and O–H groups in total. The van der Waals surface area contributed by atoms with Crippen LogP contribution in [0.4, 0.5) is 0 Å². The molecule has 0 saturated carbocycles. The first kappa shape index (κ1) is 14.3. The molecule has 19 heavy (non-hydrogen) atoms. The van der Waals surface area contributed by atoms with Gasteiger partial charge in [0.15, 0.2) is 0 Å². The SMILES string of the molecule is O=C(NC[C@@H](O)c1ccccc1Cl)[C@H]1CCCCN1. The smallest absolute Gasteiger partial charge is 0.237 e. The average Bonchev–Trinajstić information content (AvgIpc) is 2.46. The van der Waals surface area contributed by atoms with E-state index in [1.807, 2.05) is 12.1 Å². The minimum Gasteiger partial charge on any atom is -0.387 e.